The molecule has 0 fully saturated rings. The molecule has 0 bridgehead atoms. The van der Waals surface area contributed by atoms with E-state index in [4.69, 9.17) is 5.73 Å². The summed E-state index contributed by atoms with van der Waals surface area (Å²) in [4.78, 5) is 1.43. The molecule has 0 amide bonds. The number of thioether (sulfide) groups is 1. The van der Waals surface area contributed by atoms with Gasteiger partial charge in [0.2, 0.25) is 0 Å². The van der Waals surface area contributed by atoms with E-state index in [0.717, 1.165) is 17.9 Å². The molecule has 2 N–H and O–H groups in total. The predicted molar refractivity (Wildman–Crippen MR) is 66.4 cm³/mol. The van der Waals surface area contributed by atoms with Crippen LogP contribution in [0, 0.1) is 0 Å². The maximum absolute atomic E-state index is 5.66. The van der Waals surface area contributed by atoms with Crippen molar-refractivity contribution in [3.8, 4) is 0 Å². The molecule has 0 aliphatic rings. The Hall–Kier alpha value is 0.490. The van der Waals surface area contributed by atoms with Crippen molar-refractivity contribution in [3.63, 3.8) is 0 Å². The Kier molecular flexibility index (Phi) is 5.39. The monoisotopic (exact) mass is 279 g/mol. The predicted octanol–water partition coefficient (Wildman–Crippen LogP) is 3.48. The molecular weight excluding hydrogens is 266 g/mol. The second kappa shape index (κ2) is 6.06. The highest BCUT2D eigenvalue weighted by molar-refractivity contribution is 9.10. The van der Waals surface area contributed by atoms with Crippen LogP contribution >= 0.6 is 39.0 Å². The van der Waals surface area contributed by atoms with E-state index in [1.165, 1.54) is 9.35 Å². The summed E-state index contributed by atoms with van der Waals surface area (Å²) in [5.41, 5.74) is 5.66. The second-order valence-electron chi connectivity index (χ2n) is 3.01. The molecule has 13 heavy (non-hydrogen) atoms. The molecular formula is C9H14BrNS2. The average molecular weight is 280 g/mol. The molecule has 0 radical (unpaired) electrons. The van der Waals surface area contributed by atoms with Gasteiger partial charge >= 0.3 is 0 Å². The van der Waals surface area contributed by atoms with E-state index in [1.54, 1.807) is 0 Å². The number of hydrogen-bond donors (Lipinski definition) is 1. The van der Waals surface area contributed by atoms with Crippen LogP contribution in [-0.4, -0.2) is 11.8 Å². The largest absolute Gasteiger partial charge is 0.328 e. The van der Waals surface area contributed by atoms with Crippen LogP contribution in [0.15, 0.2) is 15.9 Å². The van der Waals surface area contributed by atoms with Gasteiger partial charge in [0.15, 0.2) is 0 Å². The van der Waals surface area contributed by atoms with Gasteiger partial charge in [0.05, 0.1) is 0 Å². The topological polar surface area (TPSA) is 26.0 Å². The minimum atomic E-state index is 0.333. The first-order valence-electron chi connectivity index (χ1n) is 4.25. The Labute approximate surface area is 96.2 Å². The Balaban J connectivity index is 2.17. The highest BCUT2D eigenvalue weighted by Crippen LogP contribution is 2.27. The fourth-order valence-electron chi connectivity index (χ4n) is 0.862. The van der Waals surface area contributed by atoms with Crippen LogP contribution in [0.4, 0.5) is 0 Å². The van der Waals surface area contributed by atoms with Gasteiger partial charge in [-0.05, 0) is 46.5 Å². The molecule has 0 aliphatic carbocycles. The third kappa shape index (κ3) is 4.49. The summed E-state index contributed by atoms with van der Waals surface area (Å²) in [5, 5.41) is 2.12. The minimum absolute atomic E-state index is 0.333. The summed E-state index contributed by atoms with van der Waals surface area (Å²) >= 11 is 7.28. The third-order valence-corrected chi connectivity index (χ3v) is 4.77. The molecule has 0 aromatic carbocycles. The van der Waals surface area contributed by atoms with Crippen LogP contribution in [0.2, 0.25) is 0 Å². The fraction of sp³-hybridized carbons (Fsp3) is 0.556. The smallest absolute Gasteiger partial charge is 0.0322 e. The Morgan fingerprint density at radius 2 is 2.46 bits per heavy atom. The molecule has 1 nitrogen and oxygen atoms in total. The molecule has 1 unspecified atom stereocenters. The average Bonchev–Trinajstić information content (AvgIpc) is 2.45. The van der Waals surface area contributed by atoms with Gasteiger partial charge in [0.25, 0.3) is 0 Å². The highest BCUT2D eigenvalue weighted by Gasteiger charge is 2.01. The summed E-state index contributed by atoms with van der Waals surface area (Å²) in [6, 6.07) is 2.44. The standard InChI is InChI=1S/C9H14BrNS2/c1-7(11)2-4-12-6-9-8(10)3-5-13-9/h3,5,7H,2,4,6,11H2,1H3. The first-order valence-corrected chi connectivity index (χ1v) is 7.08. The van der Waals surface area contributed by atoms with E-state index in [1.807, 2.05) is 23.1 Å². The zero-order chi connectivity index (χ0) is 9.68. The molecule has 1 atom stereocenters. The van der Waals surface area contributed by atoms with Gasteiger partial charge in [0.1, 0.15) is 0 Å². The van der Waals surface area contributed by atoms with Gasteiger partial charge in [-0.15, -0.1) is 11.3 Å². The molecule has 0 spiro atoms. The Bertz CT molecular complexity index is 248. The maximum Gasteiger partial charge on any atom is 0.0322 e. The van der Waals surface area contributed by atoms with Gasteiger partial charge in [-0.3, -0.25) is 0 Å². The highest BCUT2D eigenvalue weighted by atomic mass is 79.9. The number of thiophene rings is 1. The van der Waals surface area contributed by atoms with E-state index in [9.17, 15) is 0 Å². The first-order chi connectivity index (χ1) is 6.20. The normalized spacial score (nSPS) is 13.2. The van der Waals surface area contributed by atoms with Gasteiger partial charge in [0, 0.05) is 21.1 Å². The lowest BCUT2D eigenvalue weighted by Crippen LogP contribution is -2.15. The lowest BCUT2D eigenvalue weighted by Gasteiger charge is -2.03. The number of rotatable bonds is 5. The summed E-state index contributed by atoms with van der Waals surface area (Å²) in [7, 11) is 0. The van der Waals surface area contributed by atoms with E-state index in [2.05, 4.69) is 34.3 Å². The van der Waals surface area contributed by atoms with Gasteiger partial charge in [-0.2, -0.15) is 11.8 Å². The molecule has 74 valence electrons. The van der Waals surface area contributed by atoms with E-state index in [0.29, 0.717) is 6.04 Å². The van der Waals surface area contributed by atoms with Crippen LogP contribution in [0.5, 0.6) is 0 Å². The van der Waals surface area contributed by atoms with Crippen LogP contribution in [0.1, 0.15) is 18.2 Å². The molecule has 1 aromatic heterocycles. The molecule has 0 saturated carbocycles. The van der Waals surface area contributed by atoms with Crippen LogP contribution in [-0.2, 0) is 5.75 Å². The summed E-state index contributed by atoms with van der Waals surface area (Å²) in [6.07, 6.45) is 1.10. The fourth-order valence-corrected chi connectivity index (χ4v) is 3.87. The third-order valence-electron chi connectivity index (χ3n) is 1.64. The van der Waals surface area contributed by atoms with Crippen molar-refractivity contribution in [3.05, 3.63) is 20.8 Å². The molecule has 0 saturated heterocycles. The lowest BCUT2D eigenvalue weighted by molar-refractivity contribution is 0.721. The lowest BCUT2D eigenvalue weighted by atomic mass is 10.3. The summed E-state index contributed by atoms with van der Waals surface area (Å²) < 4.78 is 1.24. The molecule has 1 rings (SSSR count). The van der Waals surface area contributed by atoms with Crippen molar-refractivity contribution in [2.45, 2.75) is 25.1 Å². The van der Waals surface area contributed by atoms with Crippen LogP contribution < -0.4 is 5.73 Å². The van der Waals surface area contributed by atoms with E-state index < -0.39 is 0 Å². The minimum Gasteiger partial charge on any atom is -0.328 e. The van der Waals surface area contributed by atoms with Crippen LogP contribution in [0.25, 0.3) is 0 Å². The second-order valence-corrected chi connectivity index (χ2v) is 5.97. The number of halogens is 1. The Morgan fingerprint density at radius 1 is 1.69 bits per heavy atom. The van der Waals surface area contributed by atoms with E-state index in [-0.39, 0.29) is 0 Å². The zero-order valence-corrected chi connectivity index (χ0v) is 10.8. The van der Waals surface area contributed by atoms with Crippen molar-refractivity contribution >= 4 is 39.0 Å². The number of nitrogens with two attached hydrogens (primary N) is 1. The van der Waals surface area contributed by atoms with E-state index >= 15 is 0 Å². The van der Waals surface area contributed by atoms with Gasteiger partial charge < -0.3 is 5.73 Å². The van der Waals surface area contributed by atoms with Crippen molar-refractivity contribution in [1.29, 1.82) is 0 Å². The van der Waals surface area contributed by atoms with Gasteiger partial charge in [-0.25, -0.2) is 0 Å². The first kappa shape index (κ1) is 11.6. The molecule has 0 aliphatic heterocycles. The zero-order valence-electron chi connectivity index (χ0n) is 7.63. The molecule has 4 heteroatoms. The van der Waals surface area contributed by atoms with Crippen molar-refractivity contribution in [2.75, 3.05) is 5.75 Å². The Morgan fingerprint density at radius 3 is 3.00 bits per heavy atom. The quantitative estimate of drug-likeness (QED) is 0.836. The van der Waals surface area contributed by atoms with Gasteiger partial charge in [-0.1, -0.05) is 0 Å². The van der Waals surface area contributed by atoms with Crippen molar-refractivity contribution < 1.29 is 0 Å². The summed E-state index contributed by atoms with van der Waals surface area (Å²) in [6.45, 7) is 2.06. The molecule has 1 heterocycles. The summed E-state index contributed by atoms with van der Waals surface area (Å²) in [5.74, 6) is 2.26. The maximum atomic E-state index is 5.66. The SMILES string of the molecule is CC(N)CCSCc1sccc1Br. The van der Waals surface area contributed by atoms with Crippen LogP contribution in [0.3, 0.4) is 0 Å². The van der Waals surface area contributed by atoms with Crippen molar-refractivity contribution in [1.82, 2.24) is 0 Å². The molecule has 1 aromatic rings. The number of hydrogen-bond acceptors (Lipinski definition) is 3. The van der Waals surface area contributed by atoms with Crippen molar-refractivity contribution in [2.24, 2.45) is 5.73 Å².